The number of nitrogens with one attached hydrogen (secondary N) is 4. The van der Waals surface area contributed by atoms with E-state index in [1.165, 1.54) is 0 Å². The minimum absolute atomic E-state index is 0.112. The lowest BCUT2D eigenvalue weighted by atomic mass is 10.1. The molecule has 0 heterocycles. The Bertz CT molecular complexity index is 1950. The largest absolute Gasteiger partial charge is 0.480 e. The molecule has 0 aliphatic carbocycles. The van der Waals surface area contributed by atoms with Crippen LogP contribution < -0.4 is 90.9 Å². The predicted molar refractivity (Wildman–Crippen MR) is 335 cm³/mol. The first kappa shape index (κ1) is 91.4. The summed E-state index contributed by atoms with van der Waals surface area (Å²) in [5, 5.41) is 85.8. The van der Waals surface area contributed by atoms with E-state index in [1.807, 2.05) is 60.7 Å². The third-order valence-electron chi connectivity index (χ3n) is 11.0. The molecular formula is C54H106N18O16. The summed E-state index contributed by atoms with van der Waals surface area (Å²) < 4.78 is 0. The van der Waals surface area contributed by atoms with Crippen LogP contribution in [0.3, 0.4) is 0 Å². The molecule has 2 aromatic rings. The highest BCUT2D eigenvalue weighted by molar-refractivity contribution is 5.76. The fourth-order valence-corrected chi connectivity index (χ4v) is 5.78. The van der Waals surface area contributed by atoms with Gasteiger partial charge in [-0.2, -0.15) is 0 Å². The highest BCUT2D eigenvalue weighted by Gasteiger charge is 2.15. The summed E-state index contributed by atoms with van der Waals surface area (Å²) in [5.41, 5.74) is 74.7. The molecule has 0 saturated heterocycles. The number of hydrogen-bond donors (Lipinski definition) is 26. The van der Waals surface area contributed by atoms with Gasteiger partial charge in [0, 0.05) is 13.1 Å². The van der Waals surface area contributed by atoms with Crippen molar-refractivity contribution in [3.63, 3.8) is 0 Å². The molecule has 34 nitrogen and oxygen atoms in total. The molecule has 0 fully saturated rings. The van der Waals surface area contributed by atoms with Gasteiger partial charge in [-0.1, -0.05) is 86.3 Å². The number of unbranched alkanes of at least 4 members (excludes halogenated alkanes) is 4. The Morgan fingerprint density at radius 2 is 0.500 bits per heavy atom. The average Bonchev–Trinajstić information content (AvgIpc) is 3.63. The van der Waals surface area contributed by atoms with Crippen LogP contribution in [-0.4, -0.2) is 188 Å². The van der Waals surface area contributed by atoms with Crippen molar-refractivity contribution in [3.05, 3.63) is 71.8 Å². The maximum absolute atomic E-state index is 10.4. The van der Waals surface area contributed by atoms with Gasteiger partial charge in [0.05, 0.1) is 0 Å². The molecule has 34 heteroatoms. The van der Waals surface area contributed by atoms with Crippen LogP contribution in [-0.2, 0) is 51.2 Å². The summed E-state index contributed by atoms with van der Waals surface area (Å²) in [6, 6.07) is 12.6. The molecule has 2 rings (SSSR count). The summed E-state index contributed by atoms with van der Waals surface area (Å²) in [4.78, 5) is 81.7. The Hall–Kier alpha value is -7.74. The van der Waals surface area contributed by atoms with Crippen molar-refractivity contribution in [2.75, 3.05) is 39.3 Å². The number of benzene rings is 2. The van der Waals surface area contributed by atoms with E-state index in [4.69, 9.17) is 132 Å². The van der Waals surface area contributed by atoms with E-state index in [2.05, 4.69) is 10.6 Å². The van der Waals surface area contributed by atoms with Gasteiger partial charge in [-0.15, -0.1) is 0 Å². The predicted octanol–water partition coefficient (Wildman–Crippen LogP) is -3.29. The van der Waals surface area contributed by atoms with Gasteiger partial charge in [0.25, 0.3) is 0 Å². The number of carboxylic acid groups (broad SMARTS) is 8. The number of hydrogen-bond acceptors (Lipinski definition) is 22. The highest BCUT2D eigenvalue weighted by Crippen LogP contribution is 2.04. The zero-order valence-electron chi connectivity index (χ0n) is 50.3. The summed E-state index contributed by atoms with van der Waals surface area (Å²) in [6.45, 7) is 3.38. The molecule has 0 aliphatic heterocycles. The van der Waals surface area contributed by atoms with Crippen molar-refractivity contribution < 1.29 is 79.2 Å². The van der Waals surface area contributed by atoms with Gasteiger partial charge in [-0.3, -0.25) is 49.2 Å². The lowest BCUT2D eigenvalue weighted by Crippen LogP contribution is -2.34. The van der Waals surface area contributed by atoms with Crippen molar-refractivity contribution in [1.82, 2.24) is 10.6 Å². The molecule has 0 amide bonds. The van der Waals surface area contributed by atoms with Crippen LogP contribution >= 0.6 is 0 Å². The summed E-state index contributed by atoms with van der Waals surface area (Å²) in [7, 11) is 0. The smallest absolute Gasteiger partial charge is 0.320 e. The number of nitrogens with two attached hydrogens (primary N) is 14. The van der Waals surface area contributed by atoms with Gasteiger partial charge >= 0.3 is 47.8 Å². The highest BCUT2D eigenvalue weighted by atomic mass is 16.4. The third kappa shape index (κ3) is 69.0. The summed E-state index contributed by atoms with van der Waals surface area (Å²) in [6.07, 6.45) is 11.4. The lowest BCUT2D eigenvalue weighted by molar-refractivity contribution is -0.139. The standard InChI is InChI=1S/2C9H11NO2.2C6H14N4O2.4C6H14N2O2/c2*10-8(9(11)12)6-7-4-2-1-3-5-7;2*7-4(5(11)12)2-1-3-10-6(8)9;4*7-4-2-1-3-5(8)6(9)10/h2*1-5,8H,6,10H2,(H,11,12);2*4H,1-3,7H2,(H,11,12)(H4,8,9,10);4*5H,1-4,7-8H2,(H,9,10). The van der Waals surface area contributed by atoms with E-state index in [0.717, 1.165) is 62.5 Å². The van der Waals surface area contributed by atoms with Crippen molar-refractivity contribution in [3.8, 4) is 0 Å². The normalized spacial score (nSPS) is 12.6. The van der Waals surface area contributed by atoms with Crippen molar-refractivity contribution in [2.45, 2.75) is 164 Å². The SMILES string of the molecule is N=C(N)NCCCC(N)C(=O)O.N=C(N)NCCCC(N)C(=O)O.NC(Cc1ccccc1)C(=O)O.NC(Cc1ccccc1)C(=O)O.NCCCCC(N)C(=O)O.NCCCCC(N)C(=O)O.NCCCCC(N)C(=O)O.NCCCCC(N)C(=O)O. The van der Waals surface area contributed by atoms with Crippen LogP contribution in [0.15, 0.2) is 60.7 Å². The van der Waals surface area contributed by atoms with Gasteiger partial charge in [0.1, 0.15) is 48.3 Å². The van der Waals surface area contributed by atoms with E-state index >= 15 is 0 Å². The molecule has 88 heavy (non-hydrogen) atoms. The molecule has 0 aromatic heterocycles. The van der Waals surface area contributed by atoms with Gasteiger partial charge in [0.15, 0.2) is 11.9 Å². The maximum Gasteiger partial charge on any atom is 0.320 e. The fourth-order valence-electron chi connectivity index (χ4n) is 5.78. The lowest BCUT2D eigenvalue weighted by Gasteiger charge is -2.06. The molecule has 2 aromatic carbocycles. The van der Waals surface area contributed by atoms with Gasteiger partial charge in [0.2, 0.25) is 0 Å². The number of guanidine groups is 2. The van der Waals surface area contributed by atoms with Crippen LogP contribution in [0, 0.1) is 10.8 Å². The Kier molecular flexibility index (Phi) is 64.7. The topological polar surface area (TPSA) is 734 Å². The molecule has 508 valence electrons. The van der Waals surface area contributed by atoms with E-state index in [9.17, 15) is 38.4 Å². The van der Waals surface area contributed by atoms with Crippen molar-refractivity contribution in [2.24, 2.45) is 80.3 Å². The van der Waals surface area contributed by atoms with Gasteiger partial charge in [-0.05, 0) is 127 Å². The van der Waals surface area contributed by atoms with Crippen LogP contribution in [0.25, 0.3) is 0 Å². The molecule has 0 aliphatic rings. The maximum atomic E-state index is 10.4. The molecule has 0 saturated carbocycles. The van der Waals surface area contributed by atoms with E-state index in [0.29, 0.717) is 103 Å². The Morgan fingerprint density at radius 3 is 0.659 bits per heavy atom. The molecule has 40 N–H and O–H groups in total. The average molecular weight is 1260 g/mol. The summed E-state index contributed by atoms with van der Waals surface area (Å²) >= 11 is 0. The Labute approximate surface area is 514 Å². The number of aliphatic carboxylic acids is 8. The first-order valence-electron chi connectivity index (χ1n) is 28.1. The molecule has 0 radical (unpaired) electrons. The monoisotopic (exact) mass is 1260 g/mol. The second-order valence-electron chi connectivity index (χ2n) is 19.0. The minimum Gasteiger partial charge on any atom is -0.480 e. The number of carbonyl (C=O) groups is 8. The first-order valence-corrected chi connectivity index (χ1v) is 28.1. The van der Waals surface area contributed by atoms with Gasteiger partial charge < -0.3 is 132 Å². The van der Waals surface area contributed by atoms with Crippen LogP contribution in [0.1, 0.15) is 114 Å². The molecule has 8 unspecified atom stereocenters. The number of carboxylic acids is 8. The zero-order chi connectivity index (χ0) is 69.0. The third-order valence-corrected chi connectivity index (χ3v) is 11.0. The molecule has 8 atom stereocenters. The van der Waals surface area contributed by atoms with E-state index < -0.39 is 96.1 Å². The second kappa shape index (κ2) is 62.3. The van der Waals surface area contributed by atoms with E-state index in [1.54, 1.807) is 0 Å². The van der Waals surface area contributed by atoms with Crippen LogP contribution in [0.4, 0.5) is 0 Å². The molecule has 0 spiro atoms. The first-order chi connectivity index (χ1) is 41.2. The summed E-state index contributed by atoms with van der Waals surface area (Å²) in [5.74, 6) is -7.88. The molecular weight excluding hydrogens is 1160 g/mol. The van der Waals surface area contributed by atoms with Crippen LogP contribution in [0.2, 0.25) is 0 Å². The van der Waals surface area contributed by atoms with Gasteiger partial charge in [-0.25, -0.2) is 0 Å². The Balaban J connectivity index is -0.000000219. The minimum atomic E-state index is -1.00. The van der Waals surface area contributed by atoms with Crippen molar-refractivity contribution in [1.29, 1.82) is 10.8 Å². The molecule has 0 bridgehead atoms. The second-order valence-corrected chi connectivity index (χ2v) is 19.0. The van der Waals surface area contributed by atoms with E-state index in [-0.39, 0.29) is 11.9 Å². The quantitative estimate of drug-likeness (QED) is 0.0181. The van der Waals surface area contributed by atoms with Crippen LogP contribution in [0.5, 0.6) is 0 Å². The van der Waals surface area contributed by atoms with Crippen molar-refractivity contribution >= 4 is 59.7 Å². The number of rotatable bonds is 36. The Morgan fingerprint density at radius 1 is 0.318 bits per heavy atom. The zero-order valence-corrected chi connectivity index (χ0v) is 50.3. The fraction of sp³-hybridized carbons (Fsp3) is 0.593.